The molecule has 0 amide bonds. The summed E-state index contributed by atoms with van der Waals surface area (Å²) in [5, 5.41) is 7.05. The smallest absolute Gasteiger partial charge is 0.229 e. The Morgan fingerprint density at radius 3 is 2.51 bits per heavy atom. The molecule has 2 saturated heterocycles. The zero-order valence-corrected chi connectivity index (χ0v) is 29.0. The molecule has 14 heteroatoms. The van der Waals surface area contributed by atoms with E-state index in [0.29, 0.717) is 62.1 Å². The van der Waals surface area contributed by atoms with Crippen LogP contribution in [0.1, 0.15) is 25.7 Å². The van der Waals surface area contributed by atoms with Crippen molar-refractivity contribution in [3.05, 3.63) is 53.1 Å². The predicted octanol–water partition coefficient (Wildman–Crippen LogP) is 5.57. The zero-order valence-electron chi connectivity index (χ0n) is 26.5. The molecule has 0 unspecified atom stereocenters. The van der Waals surface area contributed by atoms with E-state index in [4.69, 9.17) is 4.74 Å². The Morgan fingerprint density at radius 2 is 1.72 bits per heavy atom. The van der Waals surface area contributed by atoms with Gasteiger partial charge in [-0.3, -0.25) is 14.9 Å². The number of halogens is 2. The number of nitrogens with zero attached hydrogens (tertiary/aromatic N) is 7. The summed E-state index contributed by atoms with van der Waals surface area (Å²) in [6, 6.07) is 8.52. The van der Waals surface area contributed by atoms with Crippen LogP contribution >= 0.6 is 23.1 Å². The molecule has 2 aromatic carbocycles. The summed E-state index contributed by atoms with van der Waals surface area (Å²) in [7, 11) is -2.77. The number of piperazine rings is 1. The molecule has 246 valence electrons. The molecule has 4 aromatic rings. The van der Waals surface area contributed by atoms with Gasteiger partial charge in [-0.1, -0.05) is 0 Å². The number of hydrogen-bond acceptors (Lipinski definition) is 11. The third-order valence-electron chi connectivity index (χ3n) is 9.75. The molecule has 0 radical (unpaired) electrons. The second-order valence-corrected chi connectivity index (χ2v) is 17.3. The molecular formula is C33H38BrFN9O2P. The van der Waals surface area contributed by atoms with Gasteiger partial charge < -0.3 is 29.7 Å². The number of piperidine rings is 1. The van der Waals surface area contributed by atoms with Gasteiger partial charge in [0.15, 0.2) is 5.82 Å². The van der Waals surface area contributed by atoms with Crippen LogP contribution in [-0.2, 0) is 4.57 Å². The summed E-state index contributed by atoms with van der Waals surface area (Å²) in [5.41, 5.74) is 2.88. The van der Waals surface area contributed by atoms with Crippen LogP contribution < -0.4 is 25.6 Å². The lowest BCUT2D eigenvalue weighted by molar-refractivity contribution is 0.0764. The van der Waals surface area contributed by atoms with Gasteiger partial charge in [-0.25, -0.2) is 9.37 Å². The van der Waals surface area contributed by atoms with Crippen molar-refractivity contribution in [2.45, 2.75) is 43.8 Å². The van der Waals surface area contributed by atoms with Crippen LogP contribution in [0.5, 0.6) is 5.75 Å². The van der Waals surface area contributed by atoms with Crippen molar-refractivity contribution in [1.29, 1.82) is 0 Å². The average molecular weight is 723 g/mol. The van der Waals surface area contributed by atoms with E-state index in [-0.39, 0.29) is 17.8 Å². The van der Waals surface area contributed by atoms with Crippen LogP contribution in [0.4, 0.5) is 33.2 Å². The summed E-state index contributed by atoms with van der Waals surface area (Å²) in [6.07, 6.45) is 9.99. The van der Waals surface area contributed by atoms with Gasteiger partial charge in [0.05, 0.1) is 27.0 Å². The Bertz CT molecular complexity index is 1880. The highest BCUT2D eigenvalue weighted by Crippen LogP contribution is 2.43. The number of nitrogens with one attached hydrogen (secondary N) is 2. The topological polar surface area (TPSA) is 112 Å². The molecule has 3 fully saturated rings. The molecule has 5 heterocycles. The molecular weight excluding hydrogens is 684 g/mol. The molecule has 1 atom stereocenters. The number of hydrogen-bond donors (Lipinski definition) is 2. The van der Waals surface area contributed by atoms with Crippen LogP contribution in [0.2, 0.25) is 0 Å². The predicted molar refractivity (Wildman–Crippen MR) is 187 cm³/mol. The highest BCUT2D eigenvalue weighted by atomic mass is 79.9. The molecule has 3 aliphatic heterocycles. The quantitative estimate of drug-likeness (QED) is 0.234. The minimum Gasteiger partial charge on any atom is -0.489 e. The van der Waals surface area contributed by atoms with E-state index in [1.54, 1.807) is 31.9 Å². The van der Waals surface area contributed by atoms with Crippen molar-refractivity contribution in [3.63, 3.8) is 0 Å². The Balaban J connectivity index is 0.984. The first-order chi connectivity index (χ1) is 22.7. The van der Waals surface area contributed by atoms with Crippen LogP contribution in [-0.4, -0.2) is 101 Å². The van der Waals surface area contributed by atoms with Gasteiger partial charge in [0.2, 0.25) is 5.95 Å². The first-order valence-corrected chi connectivity index (χ1v) is 19.7. The third kappa shape index (κ3) is 6.19. The molecule has 4 aliphatic rings. The fourth-order valence-corrected chi connectivity index (χ4v) is 9.05. The highest BCUT2D eigenvalue weighted by Gasteiger charge is 2.39. The first kappa shape index (κ1) is 30.9. The first-order valence-electron chi connectivity index (χ1n) is 16.3. The standard InChI is InChI=1S/C33H38BrFN9O2P/c1-47(2,45)31-27(6-5-26-29(31)37-10-9-36-26)40-32-24(34)17-38-33(41-32)39-20-15-25(35)30-28(16-20)46-19-23-18-43(13-14-44(23)30)22-7-11-42(12-8-22)21-3-4-21/h5-6,9-10,15-17,21-23H,3-4,7-8,11-14,18-19H2,1-2H3,(H2,38,39,40,41)/t23-/m1/s1. The van der Waals surface area contributed by atoms with Gasteiger partial charge in [0.1, 0.15) is 36.5 Å². The van der Waals surface area contributed by atoms with Gasteiger partial charge in [-0.15, -0.1) is 0 Å². The number of anilines is 5. The second-order valence-electron chi connectivity index (χ2n) is 13.3. The van der Waals surface area contributed by atoms with Gasteiger partial charge in [-0.05, 0) is 86.2 Å². The van der Waals surface area contributed by atoms with E-state index < -0.39 is 7.14 Å². The van der Waals surface area contributed by atoms with E-state index in [1.807, 2.05) is 18.2 Å². The summed E-state index contributed by atoms with van der Waals surface area (Å²) in [4.78, 5) is 25.4. The van der Waals surface area contributed by atoms with Crippen molar-refractivity contribution in [2.75, 3.05) is 68.2 Å². The molecule has 0 spiro atoms. The number of rotatable bonds is 7. The fraction of sp³-hybridized carbons (Fsp3) is 0.455. The lowest BCUT2D eigenvalue weighted by Crippen LogP contribution is -2.60. The zero-order chi connectivity index (χ0) is 32.3. The summed E-state index contributed by atoms with van der Waals surface area (Å²) < 4.78 is 36.0. The minimum atomic E-state index is -2.77. The Labute approximate surface area is 281 Å². The summed E-state index contributed by atoms with van der Waals surface area (Å²) in [6.45, 7) is 8.94. The van der Waals surface area contributed by atoms with Crippen molar-refractivity contribution in [3.8, 4) is 5.75 Å². The average Bonchev–Trinajstić information content (AvgIpc) is 3.91. The molecule has 0 bridgehead atoms. The molecule has 11 nitrogen and oxygen atoms in total. The molecule has 2 aromatic heterocycles. The third-order valence-corrected chi connectivity index (χ3v) is 11.9. The van der Waals surface area contributed by atoms with Crippen molar-refractivity contribution >= 4 is 68.2 Å². The number of ether oxygens (including phenoxy) is 1. The van der Waals surface area contributed by atoms with E-state index in [9.17, 15) is 4.57 Å². The fourth-order valence-electron chi connectivity index (χ4n) is 7.36. The van der Waals surface area contributed by atoms with Crippen LogP contribution in [0.25, 0.3) is 11.0 Å². The van der Waals surface area contributed by atoms with E-state index in [2.05, 4.69) is 61.2 Å². The monoisotopic (exact) mass is 721 g/mol. The highest BCUT2D eigenvalue weighted by molar-refractivity contribution is 9.10. The summed E-state index contributed by atoms with van der Waals surface area (Å²) in [5.74, 6) is 0.909. The Kier molecular flexibility index (Phi) is 8.06. The number of benzene rings is 2. The van der Waals surface area contributed by atoms with E-state index in [0.717, 1.165) is 25.7 Å². The van der Waals surface area contributed by atoms with Crippen LogP contribution in [0.3, 0.4) is 0 Å². The maximum atomic E-state index is 15.8. The van der Waals surface area contributed by atoms with Gasteiger partial charge in [-0.2, -0.15) is 4.98 Å². The van der Waals surface area contributed by atoms with E-state index in [1.165, 1.54) is 44.8 Å². The molecule has 2 N–H and O–H groups in total. The minimum absolute atomic E-state index is 0.127. The maximum Gasteiger partial charge on any atom is 0.229 e. The van der Waals surface area contributed by atoms with E-state index >= 15 is 4.39 Å². The van der Waals surface area contributed by atoms with Crippen molar-refractivity contribution in [1.82, 2.24) is 29.7 Å². The van der Waals surface area contributed by atoms with Crippen molar-refractivity contribution < 1.29 is 13.7 Å². The Hall–Kier alpha value is -3.38. The van der Waals surface area contributed by atoms with Gasteiger partial charge in [0, 0.05) is 62.1 Å². The number of likely N-dealkylation sites (tertiary alicyclic amines) is 1. The lowest BCUT2D eigenvalue weighted by Gasteiger charge is -2.49. The lowest BCUT2D eigenvalue weighted by atomic mass is 9.99. The molecule has 47 heavy (non-hydrogen) atoms. The summed E-state index contributed by atoms with van der Waals surface area (Å²) >= 11 is 3.53. The Morgan fingerprint density at radius 1 is 0.936 bits per heavy atom. The SMILES string of the molecule is CP(C)(=O)c1c(Nc2nc(Nc3cc(F)c4c(c3)OC[C@H]3CN(C5CCN(C6CC6)CC5)CCN43)ncc2Br)ccc2nccnc12. The largest absolute Gasteiger partial charge is 0.489 e. The molecule has 1 aliphatic carbocycles. The second kappa shape index (κ2) is 12.3. The van der Waals surface area contributed by atoms with Crippen LogP contribution in [0.15, 0.2) is 47.3 Å². The number of fused-ring (bicyclic) bond motifs is 4. The molecule has 8 rings (SSSR count). The maximum absolute atomic E-state index is 15.8. The molecule has 1 saturated carbocycles. The van der Waals surface area contributed by atoms with Crippen LogP contribution in [0, 0.1) is 5.82 Å². The van der Waals surface area contributed by atoms with Gasteiger partial charge >= 0.3 is 0 Å². The van der Waals surface area contributed by atoms with Crippen molar-refractivity contribution in [2.24, 2.45) is 0 Å². The normalized spacial score (nSPS) is 20.9. The number of aromatic nitrogens is 4. The van der Waals surface area contributed by atoms with Gasteiger partial charge in [0.25, 0.3) is 0 Å².